The number of nitrogens with zero attached hydrogens (tertiary/aromatic N) is 1. The molecule has 0 unspecified atom stereocenters. The summed E-state index contributed by atoms with van der Waals surface area (Å²) >= 11 is 0. The standard InChI is InChI=1S/C3H3NO2S.C3H5O/c5-7(6)3-1-2-4-7;1-2-3-4/h1-3H;2H,1,3H2. The first-order valence-corrected chi connectivity index (χ1v) is 4.28. The van der Waals surface area contributed by atoms with E-state index in [0.717, 1.165) is 5.41 Å². The fraction of sp³-hybridized carbons (Fsp3) is 0.167. The predicted molar refractivity (Wildman–Crippen MR) is 42.3 cm³/mol. The number of hydrogen-bond donors (Lipinski definition) is 0. The van der Waals surface area contributed by atoms with Crippen LogP contribution in [0.15, 0.2) is 28.5 Å². The summed E-state index contributed by atoms with van der Waals surface area (Å²) in [4.78, 5) is 0. The molecule has 0 amide bonds. The Labute approximate surface area is 65.6 Å². The van der Waals surface area contributed by atoms with E-state index in [1.165, 1.54) is 18.4 Å². The van der Waals surface area contributed by atoms with Gasteiger partial charge in [0.1, 0.15) is 6.61 Å². The lowest BCUT2D eigenvalue weighted by molar-refractivity contribution is 0.232. The third kappa shape index (κ3) is 5.50. The van der Waals surface area contributed by atoms with Crippen molar-refractivity contribution in [3.8, 4) is 0 Å². The molecule has 0 spiro atoms. The maximum absolute atomic E-state index is 10.1. The summed E-state index contributed by atoms with van der Waals surface area (Å²) in [5, 5.41) is 10.2. The molecule has 0 atom stereocenters. The summed E-state index contributed by atoms with van der Waals surface area (Å²) in [6.07, 6.45) is 3.95. The van der Waals surface area contributed by atoms with Gasteiger partial charge in [0.15, 0.2) is 0 Å². The zero-order chi connectivity index (χ0) is 8.74. The fourth-order valence-corrected chi connectivity index (χ4v) is 0.869. The van der Waals surface area contributed by atoms with Crippen molar-refractivity contribution in [2.75, 3.05) is 6.61 Å². The fourth-order valence-electron chi connectivity index (χ4n) is 0.290. The van der Waals surface area contributed by atoms with E-state index in [-0.39, 0.29) is 6.61 Å². The van der Waals surface area contributed by atoms with Gasteiger partial charge in [0, 0.05) is 6.21 Å². The maximum atomic E-state index is 10.1. The number of sulfonamides is 1. The van der Waals surface area contributed by atoms with E-state index in [4.69, 9.17) is 0 Å². The Balaban J connectivity index is 0.000000218. The third-order valence-electron chi connectivity index (χ3n) is 0.662. The van der Waals surface area contributed by atoms with Crippen LogP contribution in [0.3, 0.4) is 0 Å². The van der Waals surface area contributed by atoms with Gasteiger partial charge in [-0.1, -0.05) is 6.08 Å². The van der Waals surface area contributed by atoms with Gasteiger partial charge in [-0.3, -0.25) is 0 Å². The SMILES string of the molecule is C=CC[O].O=S1(=O)C=CC=N1. The molecule has 1 aliphatic heterocycles. The van der Waals surface area contributed by atoms with E-state index in [2.05, 4.69) is 11.0 Å². The molecule has 4 nitrogen and oxygen atoms in total. The van der Waals surface area contributed by atoms with E-state index < -0.39 is 10.0 Å². The molecule has 0 fully saturated rings. The molecular weight excluding hydrogens is 166 g/mol. The Morgan fingerprint density at radius 1 is 1.55 bits per heavy atom. The Morgan fingerprint density at radius 3 is 2.18 bits per heavy atom. The zero-order valence-electron chi connectivity index (χ0n) is 5.80. The van der Waals surface area contributed by atoms with Crippen LogP contribution in [0.25, 0.3) is 0 Å². The summed E-state index contributed by atoms with van der Waals surface area (Å²) in [5.74, 6) is 0. The number of hydrogen-bond acceptors (Lipinski definition) is 2. The molecule has 0 N–H and O–H groups in total. The molecule has 61 valence electrons. The van der Waals surface area contributed by atoms with E-state index in [0.29, 0.717) is 0 Å². The maximum Gasteiger partial charge on any atom is 0.275 e. The van der Waals surface area contributed by atoms with Gasteiger partial charge in [-0.05, 0) is 6.08 Å². The first-order valence-electron chi connectivity index (χ1n) is 2.78. The normalized spacial score (nSPS) is 17.2. The van der Waals surface area contributed by atoms with Crippen molar-refractivity contribution in [2.24, 2.45) is 4.40 Å². The monoisotopic (exact) mass is 174 g/mol. The molecule has 5 heteroatoms. The Hall–Kier alpha value is -0.940. The molecule has 11 heavy (non-hydrogen) atoms. The second kappa shape index (κ2) is 4.81. The van der Waals surface area contributed by atoms with Crippen LogP contribution in [-0.4, -0.2) is 21.2 Å². The van der Waals surface area contributed by atoms with Crippen molar-refractivity contribution in [2.45, 2.75) is 0 Å². The summed E-state index contributed by atoms with van der Waals surface area (Å²) in [7, 11) is -3.16. The molecule has 1 aliphatic rings. The second-order valence-corrected chi connectivity index (χ2v) is 3.07. The van der Waals surface area contributed by atoms with Crippen LogP contribution in [0.5, 0.6) is 0 Å². The predicted octanol–water partition coefficient (Wildman–Crippen LogP) is 0.517. The first-order chi connectivity index (χ1) is 5.12. The largest absolute Gasteiger partial charge is 0.275 e. The highest BCUT2D eigenvalue weighted by Gasteiger charge is 2.01. The number of allylic oxidation sites excluding steroid dienone is 1. The van der Waals surface area contributed by atoms with E-state index in [9.17, 15) is 13.5 Å². The molecule has 1 radical (unpaired) electrons. The minimum atomic E-state index is -3.16. The van der Waals surface area contributed by atoms with Crippen molar-refractivity contribution in [1.82, 2.24) is 0 Å². The van der Waals surface area contributed by atoms with Crippen LogP contribution in [0.2, 0.25) is 0 Å². The lowest BCUT2D eigenvalue weighted by Crippen LogP contribution is -1.80. The van der Waals surface area contributed by atoms with Gasteiger partial charge in [0.05, 0.1) is 5.41 Å². The second-order valence-electron chi connectivity index (χ2n) is 1.55. The highest BCUT2D eigenvalue weighted by atomic mass is 32.2. The van der Waals surface area contributed by atoms with Crippen LogP contribution in [0, 0.1) is 0 Å². The quantitative estimate of drug-likeness (QED) is 0.544. The summed E-state index contributed by atoms with van der Waals surface area (Å²) < 4.78 is 23.4. The summed E-state index contributed by atoms with van der Waals surface area (Å²) in [5.41, 5.74) is 0. The van der Waals surface area contributed by atoms with Crippen molar-refractivity contribution in [1.29, 1.82) is 0 Å². The van der Waals surface area contributed by atoms with Crippen molar-refractivity contribution in [3.63, 3.8) is 0 Å². The van der Waals surface area contributed by atoms with Gasteiger partial charge in [-0.2, -0.15) is 12.8 Å². The highest BCUT2D eigenvalue weighted by molar-refractivity contribution is 7.93. The van der Waals surface area contributed by atoms with E-state index in [1.807, 2.05) is 0 Å². The van der Waals surface area contributed by atoms with Gasteiger partial charge in [-0.15, -0.1) is 6.58 Å². The highest BCUT2D eigenvalue weighted by Crippen LogP contribution is 1.97. The van der Waals surface area contributed by atoms with Crippen LogP contribution < -0.4 is 0 Å². The van der Waals surface area contributed by atoms with Crippen molar-refractivity contribution < 1.29 is 13.5 Å². The zero-order valence-corrected chi connectivity index (χ0v) is 6.62. The van der Waals surface area contributed by atoms with Crippen LogP contribution >= 0.6 is 0 Å². The topological polar surface area (TPSA) is 66.4 Å². The van der Waals surface area contributed by atoms with Crippen LogP contribution in [0.4, 0.5) is 0 Å². The molecule has 1 heterocycles. The van der Waals surface area contributed by atoms with E-state index in [1.54, 1.807) is 0 Å². The smallest absolute Gasteiger partial charge is 0.232 e. The molecule has 0 aromatic carbocycles. The molecule has 0 saturated heterocycles. The molecule has 0 aromatic rings. The molecule has 0 saturated carbocycles. The average molecular weight is 174 g/mol. The Bertz CT molecular complexity index is 246. The minimum Gasteiger partial charge on any atom is -0.232 e. The van der Waals surface area contributed by atoms with Gasteiger partial charge in [0.2, 0.25) is 0 Å². The molecule has 0 aromatic heterocycles. The lowest BCUT2D eigenvalue weighted by atomic mass is 10.7. The molecular formula is C6H8NO3S. The molecule has 0 bridgehead atoms. The van der Waals surface area contributed by atoms with Gasteiger partial charge < -0.3 is 0 Å². The van der Waals surface area contributed by atoms with Gasteiger partial charge in [-0.25, -0.2) is 5.11 Å². The number of rotatable bonds is 1. The van der Waals surface area contributed by atoms with Crippen molar-refractivity contribution >= 4 is 16.2 Å². The Kier molecular flexibility index (Phi) is 4.40. The van der Waals surface area contributed by atoms with Crippen LogP contribution in [-0.2, 0) is 15.1 Å². The first kappa shape index (κ1) is 10.1. The summed E-state index contributed by atoms with van der Waals surface area (Å²) in [6, 6.07) is 0. The molecule has 0 aliphatic carbocycles. The lowest BCUT2D eigenvalue weighted by Gasteiger charge is -1.73. The van der Waals surface area contributed by atoms with E-state index >= 15 is 0 Å². The Morgan fingerprint density at radius 2 is 2.09 bits per heavy atom. The van der Waals surface area contributed by atoms with Crippen molar-refractivity contribution in [3.05, 3.63) is 24.1 Å². The minimum absolute atomic E-state index is 0.167. The third-order valence-corrected chi connectivity index (χ3v) is 1.58. The summed E-state index contributed by atoms with van der Waals surface area (Å²) in [6.45, 7) is 3.00. The molecule has 1 rings (SSSR count). The van der Waals surface area contributed by atoms with Gasteiger partial charge >= 0.3 is 0 Å². The average Bonchev–Trinajstić information content (AvgIpc) is 2.35. The van der Waals surface area contributed by atoms with Gasteiger partial charge in [0.25, 0.3) is 10.0 Å². The van der Waals surface area contributed by atoms with Crippen LogP contribution in [0.1, 0.15) is 0 Å².